The maximum atomic E-state index is 8.99. The van der Waals surface area contributed by atoms with Gasteiger partial charge in [0.2, 0.25) is 0 Å². The second-order valence-electron chi connectivity index (χ2n) is 2.66. The van der Waals surface area contributed by atoms with Crippen molar-refractivity contribution in [3.8, 4) is 12.3 Å². The van der Waals surface area contributed by atoms with E-state index in [2.05, 4.69) is 17.4 Å². The molecule has 68 valence electrons. The molecule has 1 unspecified atom stereocenters. The maximum Gasteiger partial charge on any atom is 0.133 e. The van der Waals surface area contributed by atoms with Crippen molar-refractivity contribution >= 4 is 11.3 Å². The Balaban J connectivity index is 2.22. The van der Waals surface area contributed by atoms with Gasteiger partial charge in [-0.15, -0.1) is 17.8 Å². The van der Waals surface area contributed by atoms with Gasteiger partial charge in [-0.2, -0.15) is 0 Å². The molecule has 1 atom stereocenters. The topological polar surface area (TPSA) is 20.2 Å². The zero-order chi connectivity index (χ0) is 9.52. The smallest absolute Gasteiger partial charge is 0.133 e. The summed E-state index contributed by atoms with van der Waals surface area (Å²) < 4.78 is 0. The van der Waals surface area contributed by atoms with Gasteiger partial charge in [0.05, 0.1) is 0 Å². The number of hydrogen-bond donors (Lipinski definition) is 1. The molecule has 0 saturated heterocycles. The molecular formula is C11H12OS. The zero-order valence-corrected chi connectivity index (χ0v) is 8.13. The summed E-state index contributed by atoms with van der Waals surface area (Å²) in [5, 5.41) is 11.1. The fraction of sp³-hybridized carbons (Fsp3) is 0.273. The highest BCUT2D eigenvalue weighted by molar-refractivity contribution is 7.09. The van der Waals surface area contributed by atoms with Gasteiger partial charge in [-0.25, -0.2) is 0 Å². The van der Waals surface area contributed by atoms with Crippen LogP contribution in [0.25, 0.3) is 0 Å². The number of aliphatic hydroxyl groups excluding tert-OH is 1. The van der Waals surface area contributed by atoms with Gasteiger partial charge >= 0.3 is 0 Å². The van der Waals surface area contributed by atoms with Crippen molar-refractivity contribution in [1.82, 2.24) is 0 Å². The summed E-state index contributed by atoms with van der Waals surface area (Å²) in [6.07, 6.45) is 9.78. The third-order valence-electron chi connectivity index (χ3n) is 1.63. The summed E-state index contributed by atoms with van der Waals surface area (Å²) in [5.41, 5.74) is 0. The fourth-order valence-electron chi connectivity index (χ4n) is 0.961. The molecule has 0 aliphatic carbocycles. The van der Waals surface area contributed by atoms with Crippen LogP contribution in [0.1, 0.15) is 11.3 Å². The lowest BCUT2D eigenvalue weighted by Crippen LogP contribution is -1.95. The first kappa shape index (κ1) is 10.0. The maximum absolute atomic E-state index is 8.99. The van der Waals surface area contributed by atoms with E-state index in [4.69, 9.17) is 11.5 Å². The number of aryl methyl sites for hydroxylation is 1. The van der Waals surface area contributed by atoms with Gasteiger partial charge in [-0.3, -0.25) is 0 Å². The van der Waals surface area contributed by atoms with E-state index in [-0.39, 0.29) is 0 Å². The van der Waals surface area contributed by atoms with Crippen LogP contribution in [0.3, 0.4) is 0 Å². The van der Waals surface area contributed by atoms with Crippen molar-refractivity contribution in [2.24, 2.45) is 0 Å². The first-order valence-corrected chi connectivity index (χ1v) is 5.04. The molecule has 0 bridgehead atoms. The molecule has 0 saturated carbocycles. The molecular weight excluding hydrogens is 180 g/mol. The van der Waals surface area contributed by atoms with Crippen LogP contribution in [0.15, 0.2) is 29.7 Å². The van der Waals surface area contributed by atoms with Crippen LogP contribution in [0.2, 0.25) is 0 Å². The van der Waals surface area contributed by atoms with Gasteiger partial charge in [-0.1, -0.05) is 18.1 Å². The Labute approximate surface area is 82.7 Å². The summed E-state index contributed by atoms with van der Waals surface area (Å²) in [5.74, 6) is 2.23. The number of terminal acetylenes is 1. The Hall–Kier alpha value is -1.04. The lowest BCUT2D eigenvalue weighted by molar-refractivity contribution is 0.280. The molecule has 1 rings (SSSR count). The van der Waals surface area contributed by atoms with E-state index < -0.39 is 6.10 Å². The van der Waals surface area contributed by atoms with Crippen LogP contribution in [0.4, 0.5) is 0 Å². The van der Waals surface area contributed by atoms with E-state index >= 15 is 0 Å². The summed E-state index contributed by atoms with van der Waals surface area (Å²) in [6.45, 7) is 0. The summed E-state index contributed by atoms with van der Waals surface area (Å²) in [7, 11) is 0. The molecule has 0 amide bonds. The third-order valence-corrected chi connectivity index (χ3v) is 2.56. The Morgan fingerprint density at radius 3 is 3.15 bits per heavy atom. The molecule has 0 radical (unpaired) electrons. The number of rotatable bonds is 4. The molecule has 0 fully saturated rings. The van der Waals surface area contributed by atoms with E-state index in [1.807, 2.05) is 12.1 Å². The van der Waals surface area contributed by atoms with Crippen LogP contribution in [-0.4, -0.2) is 11.2 Å². The summed E-state index contributed by atoms with van der Waals surface area (Å²) in [4.78, 5) is 1.36. The van der Waals surface area contributed by atoms with E-state index in [1.165, 1.54) is 4.88 Å². The van der Waals surface area contributed by atoms with Gasteiger partial charge in [-0.05, 0) is 30.4 Å². The third kappa shape index (κ3) is 3.93. The lowest BCUT2D eigenvalue weighted by Gasteiger charge is -1.93. The first-order valence-electron chi connectivity index (χ1n) is 4.16. The Morgan fingerprint density at radius 1 is 1.69 bits per heavy atom. The van der Waals surface area contributed by atoms with Crippen LogP contribution in [-0.2, 0) is 6.42 Å². The summed E-state index contributed by atoms with van der Waals surface area (Å²) >= 11 is 1.75. The van der Waals surface area contributed by atoms with Crippen LogP contribution in [0.5, 0.6) is 0 Å². The van der Waals surface area contributed by atoms with Gasteiger partial charge in [0.15, 0.2) is 0 Å². The molecule has 1 nitrogen and oxygen atoms in total. The minimum Gasteiger partial charge on any atom is -0.377 e. The minimum absolute atomic E-state index is 0.733. The van der Waals surface area contributed by atoms with Crippen molar-refractivity contribution in [2.75, 3.05) is 0 Å². The molecule has 0 aromatic carbocycles. The molecule has 1 N–H and O–H groups in total. The van der Waals surface area contributed by atoms with Gasteiger partial charge in [0.1, 0.15) is 6.10 Å². The van der Waals surface area contributed by atoms with Crippen LogP contribution in [0, 0.1) is 12.3 Å². The highest BCUT2D eigenvalue weighted by atomic mass is 32.1. The van der Waals surface area contributed by atoms with Crippen LogP contribution >= 0.6 is 11.3 Å². The van der Waals surface area contributed by atoms with Crippen molar-refractivity contribution in [3.05, 3.63) is 34.5 Å². The molecule has 0 aliphatic heterocycles. The average Bonchev–Trinajstić information content (AvgIpc) is 2.64. The SMILES string of the molecule is C#CC(O)C=CCCc1cccs1. The number of hydrogen-bond acceptors (Lipinski definition) is 2. The monoisotopic (exact) mass is 192 g/mol. The average molecular weight is 192 g/mol. The molecule has 0 spiro atoms. The van der Waals surface area contributed by atoms with Gasteiger partial charge in [0, 0.05) is 4.88 Å². The number of thiophene rings is 1. The Kier molecular flexibility index (Phi) is 4.31. The Bertz CT molecular complexity index is 292. The fourth-order valence-corrected chi connectivity index (χ4v) is 1.69. The normalized spacial score (nSPS) is 12.9. The van der Waals surface area contributed by atoms with Crippen molar-refractivity contribution in [1.29, 1.82) is 0 Å². The zero-order valence-electron chi connectivity index (χ0n) is 7.31. The number of aliphatic hydroxyl groups is 1. The largest absolute Gasteiger partial charge is 0.377 e. The molecule has 13 heavy (non-hydrogen) atoms. The highest BCUT2D eigenvalue weighted by Gasteiger charge is 1.92. The Morgan fingerprint density at radius 2 is 2.54 bits per heavy atom. The highest BCUT2D eigenvalue weighted by Crippen LogP contribution is 2.10. The molecule has 1 aromatic rings. The number of allylic oxidation sites excluding steroid dienone is 1. The van der Waals surface area contributed by atoms with E-state index in [0.29, 0.717) is 0 Å². The minimum atomic E-state index is -0.733. The van der Waals surface area contributed by atoms with Crippen molar-refractivity contribution < 1.29 is 5.11 Å². The molecule has 2 heteroatoms. The van der Waals surface area contributed by atoms with Gasteiger partial charge in [0.25, 0.3) is 0 Å². The second-order valence-corrected chi connectivity index (χ2v) is 3.69. The van der Waals surface area contributed by atoms with Crippen molar-refractivity contribution in [2.45, 2.75) is 18.9 Å². The predicted octanol–water partition coefficient (Wildman–Crippen LogP) is 2.23. The first-order chi connectivity index (χ1) is 6.33. The molecule has 1 heterocycles. The van der Waals surface area contributed by atoms with Crippen molar-refractivity contribution in [3.63, 3.8) is 0 Å². The van der Waals surface area contributed by atoms with Gasteiger partial charge < -0.3 is 5.11 Å². The van der Waals surface area contributed by atoms with E-state index in [9.17, 15) is 0 Å². The lowest BCUT2D eigenvalue weighted by atomic mass is 10.2. The van der Waals surface area contributed by atoms with E-state index in [0.717, 1.165) is 12.8 Å². The van der Waals surface area contributed by atoms with Crippen LogP contribution < -0.4 is 0 Å². The quantitative estimate of drug-likeness (QED) is 0.573. The second kappa shape index (κ2) is 5.58. The molecule has 0 aliphatic rings. The molecule has 1 aromatic heterocycles. The standard InChI is InChI=1S/C11H12OS/c1-2-10(12)6-3-4-7-11-8-5-9-13-11/h1,3,5-6,8-10,12H,4,7H2. The predicted molar refractivity (Wildman–Crippen MR) is 56.6 cm³/mol. The van der Waals surface area contributed by atoms with E-state index in [1.54, 1.807) is 17.4 Å². The summed E-state index contributed by atoms with van der Waals surface area (Å²) in [6, 6.07) is 4.15.